The van der Waals surface area contributed by atoms with E-state index in [2.05, 4.69) is 80.1 Å². The summed E-state index contributed by atoms with van der Waals surface area (Å²) in [7, 11) is 1.68. The first kappa shape index (κ1) is 37.1. The second-order valence-electron chi connectivity index (χ2n) is 14.6. The fourth-order valence-electron chi connectivity index (χ4n) is 7.55. The Balaban J connectivity index is 1.28. The Morgan fingerprint density at radius 1 is 0.904 bits per heavy atom. The van der Waals surface area contributed by atoms with Crippen molar-refractivity contribution in [3.63, 3.8) is 0 Å². The molecule has 3 atom stereocenters. The fourth-order valence-corrected chi connectivity index (χ4v) is 7.55. The van der Waals surface area contributed by atoms with Gasteiger partial charge in [0.05, 0.1) is 47.7 Å². The van der Waals surface area contributed by atoms with Crippen molar-refractivity contribution in [2.45, 2.75) is 105 Å². The number of amides is 2. The Morgan fingerprint density at radius 2 is 1.67 bits per heavy atom. The molecule has 10 nitrogen and oxygen atoms in total. The molecule has 276 valence electrons. The van der Waals surface area contributed by atoms with E-state index in [1.165, 1.54) is 0 Å². The summed E-state index contributed by atoms with van der Waals surface area (Å²) in [5.74, 6) is 3.01. The largest absolute Gasteiger partial charge is 0.488 e. The predicted molar refractivity (Wildman–Crippen MR) is 207 cm³/mol. The first-order valence-electron chi connectivity index (χ1n) is 19.0. The lowest BCUT2D eigenvalue weighted by atomic mass is 9.92. The summed E-state index contributed by atoms with van der Waals surface area (Å²) in [6, 6.07) is 14.5. The summed E-state index contributed by atoms with van der Waals surface area (Å²) in [5, 5.41) is 2.13. The molecule has 0 fully saturated rings. The van der Waals surface area contributed by atoms with E-state index in [1.54, 1.807) is 7.11 Å². The number of imidazole rings is 2. The quantitative estimate of drug-likeness (QED) is 0.112. The summed E-state index contributed by atoms with van der Waals surface area (Å²) in [5.41, 5.74) is 7.02. The minimum atomic E-state index is -0.225. The van der Waals surface area contributed by atoms with Crippen molar-refractivity contribution in [1.29, 1.82) is 0 Å². The van der Waals surface area contributed by atoms with Crippen LogP contribution < -0.4 is 4.74 Å². The van der Waals surface area contributed by atoms with E-state index in [4.69, 9.17) is 19.4 Å². The van der Waals surface area contributed by atoms with E-state index in [0.717, 1.165) is 86.4 Å². The fraction of sp³-hybridized carbons (Fsp3) is 0.476. The van der Waals surface area contributed by atoms with Gasteiger partial charge in [0.15, 0.2) is 0 Å². The second-order valence-corrected chi connectivity index (χ2v) is 14.6. The highest BCUT2D eigenvalue weighted by molar-refractivity contribution is 6.07. The van der Waals surface area contributed by atoms with Crippen molar-refractivity contribution >= 4 is 33.6 Å². The molecule has 5 aromatic rings. The molecule has 52 heavy (non-hydrogen) atoms. The van der Waals surface area contributed by atoms with E-state index in [1.807, 2.05) is 36.8 Å². The summed E-state index contributed by atoms with van der Waals surface area (Å²) in [6.45, 7) is 16.1. The van der Waals surface area contributed by atoms with Crippen LogP contribution in [0.4, 0.5) is 0 Å². The number of rotatable bonds is 15. The third kappa shape index (κ3) is 7.31. The van der Waals surface area contributed by atoms with E-state index in [-0.39, 0.29) is 29.9 Å². The van der Waals surface area contributed by atoms with Gasteiger partial charge < -0.3 is 29.2 Å². The van der Waals surface area contributed by atoms with Crippen molar-refractivity contribution in [2.75, 3.05) is 20.3 Å². The molecule has 0 aliphatic carbocycles. The van der Waals surface area contributed by atoms with E-state index in [9.17, 15) is 9.59 Å². The van der Waals surface area contributed by atoms with Crippen molar-refractivity contribution < 1.29 is 19.1 Å². The van der Waals surface area contributed by atoms with E-state index in [0.29, 0.717) is 38.5 Å². The van der Waals surface area contributed by atoms with Crippen LogP contribution in [0.2, 0.25) is 0 Å². The molecule has 0 radical (unpaired) electrons. The highest BCUT2D eigenvalue weighted by atomic mass is 16.5. The van der Waals surface area contributed by atoms with Crippen molar-refractivity contribution in [2.24, 2.45) is 5.92 Å². The Morgan fingerprint density at radius 3 is 2.38 bits per heavy atom. The SMILES string of the molecule is CCCC(=O)N(CC(C)C)[C@@H](C)c1nc2ccc3cc4c(cc3c2[nH]1)OCc1cc(-c2cnc([C@H](C)N(C(=O)CCC)[C@H](CC)COC)[nH]2)ccc1-4. The lowest BCUT2D eigenvalue weighted by Crippen LogP contribution is -2.44. The number of aromatic nitrogens is 4. The Labute approximate surface area is 307 Å². The number of aromatic amines is 2. The molecule has 3 heterocycles. The van der Waals surface area contributed by atoms with Crippen LogP contribution in [0.25, 0.3) is 44.2 Å². The number of ether oxygens (including phenoxy) is 2. The van der Waals surface area contributed by atoms with Crippen molar-refractivity contribution in [3.05, 3.63) is 65.9 Å². The van der Waals surface area contributed by atoms with Gasteiger partial charge in [0.1, 0.15) is 24.0 Å². The minimum absolute atomic E-state index is 0.0269. The molecule has 10 heteroatoms. The standard InChI is InChI=1S/C42H54N6O4/c1-9-12-38(49)47(22-25(4)5)26(6)42-44-35-17-15-28-19-34-32-16-14-29(18-30(32)23-52-37(34)20-33(28)40(35)46-42)36-21-43-41(45-36)27(7)48(39(50)13-10-2)31(11-3)24-51-8/h14-21,25-27,31H,9-13,22-24H2,1-8H3,(H,43,45)(H,44,46)/t26-,27-,31+/m0/s1. The number of H-pyrrole nitrogens is 2. The van der Waals surface area contributed by atoms with Gasteiger partial charge in [0.2, 0.25) is 11.8 Å². The molecule has 2 aromatic heterocycles. The Bertz CT molecular complexity index is 2050. The topological polar surface area (TPSA) is 116 Å². The molecule has 3 aromatic carbocycles. The maximum Gasteiger partial charge on any atom is 0.223 e. The predicted octanol–water partition coefficient (Wildman–Crippen LogP) is 9.13. The molecule has 1 aliphatic rings. The molecule has 1 aliphatic heterocycles. The zero-order chi connectivity index (χ0) is 37.1. The molecule has 2 amide bonds. The molecule has 0 saturated heterocycles. The van der Waals surface area contributed by atoms with E-state index >= 15 is 0 Å². The number of carbonyl (C=O) groups excluding carboxylic acids is 2. The molecule has 2 N–H and O–H groups in total. The number of hydrogen-bond donors (Lipinski definition) is 2. The number of methoxy groups -OCH3 is 1. The summed E-state index contributed by atoms with van der Waals surface area (Å²) >= 11 is 0. The van der Waals surface area contributed by atoms with Gasteiger partial charge in [-0.3, -0.25) is 9.59 Å². The van der Waals surface area contributed by atoms with Crippen LogP contribution in [-0.2, 0) is 20.9 Å². The molecule has 0 spiro atoms. The lowest BCUT2D eigenvalue weighted by molar-refractivity contribution is -0.138. The Hall–Kier alpha value is -4.70. The Kier molecular flexibility index (Phi) is 11.3. The van der Waals surface area contributed by atoms with E-state index < -0.39 is 0 Å². The monoisotopic (exact) mass is 706 g/mol. The van der Waals surface area contributed by atoms with Gasteiger partial charge in [0.25, 0.3) is 0 Å². The average Bonchev–Trinajstić information content (AvgIpc) is 3.81. The number of carbonyl (C=O) groups is 2. The highest BCUT2D eigenvalue weighted by Crippen LogP contribution is 2.43. The van der Waals surface area contributed by atoms with Gasteiger partial charge in [-0.25, -0.2) is 9.97 Å². The first-order valence-corrected chi connectivity index (χ1v) is 19.0. The number of benzene rings is 3. The summed E-state index contributed by atoms with van der Waals surface area (Å²) < 4.78 is 11.9. The summed E-state index contributed by atoms with van der Waals surface area (Å²) in [4.78, 5) is 47.0. The van der Waals surface area contributed by atoms with Gasteiger partial charge in [-0.2, -0.15) is 0 Å². The third-order valence-corrected chi connectivity index (χ3v) is 10.3. The van der Waals surface area contributed by atoms with Crippen LogP contribution in [0.15, 0.2) is 48.7 Å². The first-order chi connectivity index (χ1) is 25.1. The van der Waals surface area contributed by atoms with Crippen LogP contribution >= 0.6 is 0 Å². The molecule has 0 saturated carbocycles. The molecule has 6 rings (SSSR count). The number of fused-ring (bicyclic) bond motifs is 6. The van der Waals surface area contributed by atoms with Crippen LogP contribution in [0, 0.1) is 5.92 Å². The molecule has 0 bridgehead atoms. The maximum atomic E-state index is 13.2. The smallest absolute Gasteiger partial charge is 0.223 e. The van der Waals surface area contributed by atoms with Gasteiger partial charge in [-0.1, -0.05) is 52.8 Å². The maximum absolute atomic E-state index is 13.2. The van der Waals surface area contributed by atoms with Crippen LogP contribution in [0.5, 0.6) is 5.75 Å². The zero-order valence-electron chi connectivity index (χ0n) is 32.0. The van der Waals surface area contributed by atoms with Gasteiger partial charge in [-0.15, -0.1) is 0 Å². The summed E-state index contributed by atoms with van der Waals surface area (Å²) in [6.07, 6.45) is 5.28. The average molecular weight is 707 g/mol. The van der Waals surface area contributed by atoms with Crippen LogP contribution in [0.1, 0.15) is 110 Å². The van der Waals surface area contributed by atoms with Gasteiger partial charge in [-0.05, 0) is 85.4 Å². The van der Waals surface area contributed by atoms with Crippen molar-refractivity contribution in [1.82, 2.24) is 29.7 Å². The third-order valence-electron chi connectivity index (χ3n) is 10.3. The molecular formula is C42H54N6O4. The highest BCUT2D eigenvalue weighted by Gasteiger charge is 2.30. The van der Waals surface area contributed by atoms with Crippen LogP contribution in [0.3, 0.4) is 0 Å². The van der Waals surface area contributed by atoms with Gasteiger partial charge >= 0.3 is 0 Å². The number of hydrogen-bond acceptors (Lipinski definition) is 6. The zero-order valence-corrected chi connectivity index (χ0v) is 32.0. The van der Waals surface area contributed by atoms with Crippen LogP contribution in [-0.4, -0.2) is 67.9 Å². The number of nitrogens with one attached hydrogen (secondary N) is 2. The normalized spacial score (nSPS) is 14.2. The second kappa shape index (κ2) is 15.9. The molecular weight excluding hydrogens is 652 g/mol. The number of nitrogens with zero attached hydrogens (tertiary/aromatic N) is 4. The lowest BCUT2D eigenvalue weighted by Gasteiger charge is -2.35. The molecule has 0 unspecified atom stereocenters. The van der Waals surface area contributed by atoms with Crippen molar-refractivity contribution in [3.8, 4) is 28.1 Å². The minimum Gasteiger partial charge on any atom is -0.488 e. The van der Waals surface area contributed by atoms with Gasteiger partial charge in [0, 0.05) is 37.4 Å².